The van der Waals surface area contributed by atoms with E-state index in [1.54, 1.807) is 0 Å². The monoisotopic (exact) mass is 420 g/mol. The Labute approximate surface area is 185 Å². The van der Waals surface area contributed by atoms with Crippen LogP contribution in [-0.4, -0.2) is 10.2 Å². The maximum atomic E-state index is 10.4. The average molecular weight is 421 g/mol. The molecule has 29 heavy (non-hydrogen) atoms. The van der Waals surface area contributed by atoms with Crippen LogP contribution in [0.1, 0.15) is 105 Å². The molecule has 1 N–H and O–H groups in total. The highest BCUT2D eigenvalue weighted by Crippen LogP contribution is 2.67. The molecule has 8 atom stereocenters. The number of fused-ring (bicyclic) bond motifs is 5. The van der Waals surface area contributed by atoms with Crippen LogP contribution in [0.15, 0.2) is 11.6 Å². The van der Waals surface area contributed by atoms with Crippen LogP contribution in [0.5, 0.6) is 0 Å². The summed E-state index contributed by atoms with van der Waals surface area (Å²) in [6.07, 6.45) is 16.2. The van der Waals surface area contributed by atoms with E-state index in [1.165, 1.54) is 56.9 Å². The second-order valence-corrected chi connectivity index (χ2v) is 13.1. The van der Waals surface area contributed by atoms with Crippen molar-refractivity contribution in [1.29, 1.82) is 0 Å². The minimum Gasteiger partial charge on any atom is -0.375 e. The Kier molecular flexibility index (Phi) is 6.00. The number of hydrogen-bond donors (Lipinski definition) is 1. The van der Waals surface area contributed by atoms with Gasteiger partial charge < -0.3 is 5.11 Å². The first-order chi connectivity index (χ1) is 13.6. The maximum absolute atomic E-state index is 10.4. The van der Waals surface area contributed by atoms with Gasteiger partial charge in [0.1, 0.15) is 5.06 Å². The van der Waals surface area contributed by atoms with Crippen LogP contribution in [0.4, 0.5) is 0 Å². The second kappa shape index (κ2) is 7.84. The molecule has 3 saturated carbocycles. The van der Waals surface area contributed by atoms with E-state index in [0.29, 0.717) is 11.8 Å². The predicted octanol–water partition coefficient (Wildman–Crippen LogP) is 7.96. The summed E-state index contributed by atoms with van der Waals surface area (Å²) in [4.78, 5) is 0. The smallest absolute Gasteiger partial charge is 0.142 e. The Balaban J connectivity index is 1.50. The van der Waals surface area contributed by atoms with Crippen LogP contribution in [0.2, 0.25) is 0 Å². The third-order valence-corrected chi connectivity index (χ3v) is 10.6. The lowest BCUT2D eigenvalue weighted by molar-refractivity contribution is -0.0611. The SMILES string of the molecule is CC(C)CCC[C@@H](C)[C@H]1CC[C@H]2[C@@H]3CC=C4C[C@](O)(Cl)CC[C@]4(C)[C@H]3CC[C@]12C. The molecule has 0 unspecified atom stereocenters. The zero-order valence-electron chi connectivity index (χ0n) is 19.6. The molecule has 4 aliphatic carbocycles. The van der Waals surface area contributed by atoms with Gasteiger partial charge in [-0.2, -0.15) is 0 Å². The van der Waals surface area contributed by atoms with Crippen LogP contribution in [0.3, 0.4) is 0 Å². The molecule has 4 aliphatic rings. The summed E-state index contributed by atoms with van der Waals surface area (Å²) in [6.45, 7) is 12.5. The number of hydrogen-bond acceptors (Lipinski definition) is 1. The third kappa shape index (κ3) is 3.86. The van der Waals surface area contributed by atoms with Crippen molar-refractivity contribution < 1.29 is 5.11 Å². The van der Waals surface area contributed by atoms with Gasteiger partial charge >= 0.3 is 0 Å². The summed E-state index contributed by atoms with van der Waals surface area (Å²) in [6, 6.07) is 0. The molecular weight excluding hydrogens is 376 g/mol. The topological polar surface area (TPSA) is 20.2 Å². The number of rotatable bonds is 5. The van der Waals surface area contributed by atoms with Gasteiger partial charge in [-0.25, -0.2) is 0 Å². The first-order valence-electron chi connectivity index (χ1n) is 12.7. The van der Waals surface area contributed by atoms with Crippen molar-refractivity contribution in [3.63, 3.8) is 0 Å². The normalized spacial score (nSPS) is 47.9. The Morgan fingerprint density at radius 1 is 1.03 bits per heavy atom. The Morgan fingerprint density at radius 3 is 2.52 bits per heavy atom. The first kappa shape index (κ1) is 22.2. The van der Waals surface area contributed by atoms with E-state index in [4.69, 9.17) is 11.6 Å². The van der Waals surface area contributed by atoms with Gasteiger partial charge in [0, 0.05) is 6.42 Å². The van der Waals surface area contributed by atoms with Crippen molar-refractivity contribution in [2.24, 2.45) is 46.3 Å². The molecule has 0 aromatic carbocycles. The van der Waals surface area contributed by atoms with Gasteiger partial charge in [-0.1, -0.05) is 77.1 Å². The fourth-order valence-corrected chi connectivity index (χ4v) is 8.87. The summed E-state index contributed by atoms with van der Waals surface area (Å²) in [5.41, 5.74) is 2.32. The number of halogens is 1. The largest absolute Gasteiger partial charge is 0.375 e. The molecule has 3 fully saturated rings. The van der Waals surface area contributed by atoms with E-state index in [2.05, 4.69) is 40.7 Å². The molecule has 0 radical (unpaired) electrons. The third-order valence-electron chi connectivity index (χ3n) is 10.3. The van der Waals surface area contributed by atoms with Crippen molar-refractivity contribution in [3.05, 3.63) is 11.6 Å². The van der Waals surface area contributed by atoms with E-state index in [9.17, 15) is 5.11 Å². The highest BCUT2D eigenvalue weighted by molar-refractivity contribution is 6.22. The van der Waals surface area contributed by atoms with Gasteiger partial charge in [0.15, 0.2) is 0 Å². The van der Waals surface area contributed by atoms with E-state index in [-0.39, 0.29) is 5.41 Å². The lowest BCUT2D eigenvalue weighted by atomic mass is 9.47. The lowest BCUT2D eigenvalue weighted by Gasteiger charge is -2.59. The van der Waals surface area contributed by atoms with Gasteiger partial charge in [0.2, 0.25) is 0 Å². The molecule has 4 rings (SSSR count). The van der Waals surface area contributed by atoms with Crippen molar-refractivity contribution in [3.8, 4) is 0 Å². The van der Waals surface area contributed by atoms with Crippen molar-refractivity contribution in [1.82, 2.24) is 0 Å². The molecule has 0 heterocycles. The van der Waals surface area contributed by atoms with Crippen LogP contribution in [0.25, 0.3) is 0 Å². The van der Waals surface area contributed by atoms with Gasteiger partial charge in [0.05, 0.1) is 0 Å². The molecule has 0 aromatic heterocycles. The zero-order chi connectivity index (χ0) is 21.0. The first-order valence-corrected chi connectivity index (χ1v) is 13.1. The van der Waals surface area contributed by atoms with E-state index >= 15 is 0 Å². The summed E-state index contributed by atoms with van der Waals surface area (Å²) < 4.78 is 0. The summed E-state index contributed by atoms with van der Waals surface area (Å²) in [5, 5.41) is 9.45. The van der Waals surface area contributed by atoms with E-state index in [0.717, 1.165) is 48.3 Å². The lowest BCUT2D eigenvalue weighted by Crippen LogP contribution is -2.51. The minimum atomic E-state index is -0.995. The van der Waals surface area contributed by atoms with Crippen molar-refractivity contribution in [2.45, 2.75) is 110 Å². The van der Waals surface area contributed by atoms with E-state index < -0.39 is 5.06 Å². The number of aliphatic hydroxyl groups is 1. The van der Waals surface area contributed by atoms with Crippen molar-refractivity contribution in [2.75, 3.05) is 0 Å². The molecule has 166 valence electrons. The standard InChI is InChI=1S/C27H45ClO/c1-18(2)7-6-8-19(3)22-11-12-23-21-10-9-20-17-27(28,29)16-15-25(20,4)24(21)13-14-26(22,23)5/h9,18-19,21-24,29H,6-8,10-17H2,1-5H3/t19-,21+,22-,23+,24+,25+,26-,27+/m1/s1. The van der Waals surface area contributed by atoms with Gasteiger partial charge in [0.25, 0.3) is 0 Å². The fraction of sp³-hybridized carbons (Fsp3) is 0.926. The summed E-state index contributed by atoms with van der Waals surface area (Å²) >= 11 is 6.37. The Hall–Kier alpha value is -0.0100. The molecular formula is C27H45ClO. The molecule has 1 nitrogen and oxygen atoms in total. The van der Waals surface area contributed by atoms with Crippen LogP contribution in [0, 0.1) is 46.3 Å². The maximum Gasteiger partial charge on any atom is 0.142 e. The molecule has 0 saturated heterocycles. The second-order valence-electron chi connectivity index (χ2n) is 12.4. The quantitative estimate of drug-likeness (QED) is 0.353. The van der Waals surface area contributed by atoms with Gasteiger partial charge in [-0.05, 0) is 91.3 Å². The van der Waals surface area contributed by atoms with Crippen LogP contribution in [-0.2, 0) is 0 Å². The fourth-order valence-electron chi connectivity index (χ4n) is 8.63. The Bertz CT molecular complexity index is 636. The zero-order valence-corrected chi connectivity index (χ0v) is 20.4. The van der Waals surface area contributed by atoms with Crippen LogP contribution >= 0.6 is 11.6 Å². The summed E-state index contributed by atoms with van der Waals surface area (Å²) in [7, 11) is 0. The molecule has 0 aromatic rings. The molecule has 0 aliphatic heterocycles. The minimum absolute atomic E-state index is 0.284. The number of alkyl halides is 1. The summed E-state index contributed by atoms with van der Waals surface area (Å²) in [5.74, 6) is 5.23. The van der Waals surface area contributed by atoms with E-state index in [1.807, 2.05) is 0 Å². The average Bonchev–Trinajstić information content (AvgIpc) is 2.99. The molecule has 2 heteroatoms. The molecule has 0 bridgehead atoms. The van der Waals surface area contributed by atoms with Gasteiger partial charge in [-0.3, -0.25) is 0 Å². The van der Waals surface area contributed by atoms with Gasteiger partial charge in [-0.15, -0.1) is 0 Å². The van der Waals surface area contributed by atoms with Crippen LogP contribution < -0.4 is 0 Å². The highest BCUT2D eigenvalue weighted by atomic mass is 35.5. The molecule has 0 amide bonds. The highest BCUT2D eigenvalue weighted by Gasteiger charge is 2.59. The molecule has 0 spiro atoms. The predicted molar refractivity (Wildman–Crippen MR) is 124 cm³/mol. The number of allylic oxidation sites excluding steroid dienone is 1. The Morgan fingerprint density at radius 2 is 1.79 bits per heavy atom. The van der Waals surface area contributed by atoms with Crippen molar-refractivity contribution >= 4 is 11.6 Å².